The predicted octanol–water partition coefficient (Wildman–Crippen LogP) is 1.73. The first kappa shape index (κ1) is 22.4. The van der Waals surface area contributed by atoms with E-state index in [4.69, 9.17) is 24.4 Å². The molecule has 28 heavy (non-hydrogen) atoms. The maximum Gasteiger partial charge on any atom is 0.340 e. The lowest BCUT2D eigenvalue weighted by Crippen LogP contribution is -2.27. The Morgan fingerprint density at radius 3 is 2.61 bits per heavy atom. The molecule has 2 rings (SSSR count). The van der Waals surface area contributed by atoms with E-state index in [1.807, 2.05) is 0 Å². The summed E-state index contributed by atoms with van der Waals surface area (Å²) in [6.07, 6.45) is 2.74. The van der Waals surface area contributed by atoms with Gasteiger partial charge in [0.15, 0.2) is 11.3 Å². The van der Waals surface area contributed by atoms with Crippen LogP contribution >= 0.6 is 19.4 Å². The van der Waals surface area contributed by atoms with Crippen LogP contribution in [-0.2, 0) is 23.1 Å². The van der Waals surface area contributed by atoms with Crippen molar-refractivity contribution in [3.8, 4) is 0 Å². The molecular weight excluding hydrogens is 409 g/mol. The summed E-state index contributed by atoms with van der Waals surface area (Å²) in [5, 5.41) is -0.324. The maximum atomic E-state index is 12.6. The molecule has 0 aliphatic rings. The molecule has 11 nitrogen and oxygen atoms in total. The predicted molar refractivity (Wildman–Crippen MR) is 105 cm³/mol. The smallest absolute Gasteiger partial charge is 0.340 e. The first-order valence-electron chi connectivity index (χ1n) is 8.58. The molecule has 0 saturated carbocycles. The van der Waals surface area contributed by atoms with Crippen LogP contribution in [0.25, 0.3) is 11.2 Å². The third-order valence-electron chi connectivity index (χ3n) is 3.32. The molecule has 13 heteroatoms. The molecule has 2 N–H and O–H groups in total. The average molecular weight is 433 g/mol. The molecule has 0 radical (unpaired) electrons. The molecule has 0 fully saturated rings. The first-order valence-corrected chi connectivity index (χ1v) is 11.4. The molecule has 0 amide bonds. The lowest BCUT2D eigenvalue weighted by molar-refractivity contribution is -0.141. The number of imidazole rings is 1. The van der Waals surface area contributed by atoms with E-state index in [1.165, 1.54) is 36.1 Å². The van der Waals surface area contributed by atoms with Gasteiger partial charge in [-0.1, -0.05) is 0 Å². The third kappa shape index (κ3) is 6.33. The highest BCUT2D eigenvalue weighted by Gasteiger charge is 2.26. The van der Waals surface area contributed by atoms with Gasteiger partial charge in [0.25, 0.3) is 0 Å². The Labute approximate surface area is 166 Å². The van der Waals surface area contributed by atoms with Crippen LogP contribution in [0.4, 0.5) is 5.82 Å². The van der Waals surface area contributed by atoms with Gasteiger partial charge in [-0.3, -0.25) is 9.36 Å². The number of carbonyl (C=O) groups is 1. The largest absolute Gasteiger partial charge is 0.465 e. The topological polar surface area (TPSA) is 141 Å². The Balaban J connectivity index is 2.04. The van der Waals surface area contributed by atoms with E-state index in [-0.39, 0.29) is 43.0 Å². The number of aromatic nitrogens is 4. The normalized spacial score (nSPS) is 12.8. The van der Waals surface area contributed by atoms with E-state index in [2.05, 4.69) is 15.0 Å². The lowest BCUT2D eigenvalue weighted by atomic mass is 10.5. The van der Waals surface area contributed by atoms with E-state index in [0.717, 1.165) is 0 Å². The summed E-state index contributed by atoms with van der Waals surface area (Å²) in [7, 11) is -3.24. The van der Waals surface area contributed by atoms with Crippen LogP contribution < -0.4 is 10.6 Å². The molecule has 2 aromatic heterocycles. The van der Waals surface area contributed by atoms with Crippen molar-refractivity contribution < 1.29 is 28.0 Å². The van der Waals surface area contributed by atoms with Crippen molar-refractivity contribution in [2.24, 2.45) is 0 Å². The number of nitrogens with zero attached hydrogens (tertiary/aromatic N) is 4. The van der Waals surface area contributed by atoms with Crippen molar-refractivity contribution in [1.29, 1.82) is 0 Å². The Kier molecular flexibility index (Phi) is 8.49. The third-order valence-corrected chi connectivity index (χ3v) is 7.23. The fourth-order valence-corrected chi connectivity index (χ4v) is 5.50. The molecule has 0 bridgehead atoms. The summed E-state index contributed by atoms with van der Waals surface area (Å²) in [4.78, 5) is 29.0. The number of ether oxygens (including phenoxy) is 1. The molecule has 1 atom stereocenters. The lowest BCUT2D eigenvalue weighted by Gasteiger charge is -2.21. The highest BCUT2D eigenvalue weighted by molar-refractivity contribution is 8.05. The highest BCUT2D eigenvalue weighted by Crippen LogP contribution is 2.51. The minimum atomic E-state index is -3.24. The van der Waals surface area contributed by atoms with Gasteiger partial charge in [0.1, 0.15) is 25.9 Å². The van der Waals surface area contributed by atoms with Gasteiger partial charge in [0, 0.05) is 6.92 Å². The summed E-state index contributed by atoms with van der Waals surface area (Å²) >= 11 is 1.27. The summed E-state index contributed by atoms with van der Waals surface area (Å²) in [6, 6.07) is 0. The number of anilines is 1. The maximum absolute atomic E-state index is 12.6. The summed E-state index contributed by atoms with van der Waals surface area (Å²) in [5.41, 5.74) is 6.69. The SMILES string of the molecule is CCOP(=O)(CSC(COC(C)=O)COn1cnc2c(N)ncnc21)OCC. The number of rotatable bonds is 12. The van der Waals surface area contributed by atoms with Crippen molar-refractivity contribution in [3.63, 3.8) is 0 Å². The van der Waals surface area contributed by atoms with Crippen LogP contribution in [0.2, 0.25) is 0 Å². The van der Waals surface area contributed by atoms with Crippen LogP contribution in [0, 0.1) is 0 Å². The number of nitrogen functional groups attached to an aromatic ring is 1. The molecule has 1 unspecified atom stereocenters. The molecule has 0 saturated heterocycles. The zero-order valence-corrected chi connectivity index (χ0v) is 17.6. The van der Waals surface area contributed by atoms with Crippen molar-refractivity contribution in [2.45, 2.75) is 26.0 Å². The molecule has 0 aliphatic carbocycles. The van der Waals surface area contributed by atoms with E-state index < -0.39 is 13.6 Å². The quantitative estimate of drug-likeness (QED) is 0.386. The van der Waals surface area contributed by atoms with E-state index in [9.17, 15) is 9.36 Å². The van der Waals surface area contributed by atoms with Crippen LogP contribution in [-0.4, -0.2) is 62.8 Å². The molecule has 0 aromatic carbocycles. The van der Waals surface area contributed by atoms with Crippen LogP contribution in [0.3, 0.4) is 0 Å². The second kappa shape index (κ2) is 10.6. The fourth-order valence-electron chi connectivity index (χ4n) is 2.15. The van der Waals surface area contributed by atoms with Gasteiger partial charge in [0.2, 0.25) is 5.65 Å². The van der Waals surface area contributed by atoms with Gasteiger partial charge in [-0.15, -0.1) is 11.8 Å². The van der Waals surface area contributed by atoms with Gasteiger partial charge in [0.05, 0.1) is 24.0 Å². The number of esters is 1. The van der Waals surface area contributed by atoms with Crippen molar-refractivity contribution in [2.75, 3.05) is 37.7 Å². The molecule has 2 aromatic rings. The second-order valence-corrected chi connectivity index (χ2v) is 9.24. The van der Waals surface area contributed by atoms with E-state index >= 15 is 0 Å². The molecule has 0 aliphatic heterocycles. The molecule has 156 valence electrons. The number of hydrogen-bond donors (Lipinski definition) is 1. The van der Waals surface area contributed by atoms with Crippen LogP contribution in [0.1, 0.15) is 20.8 Å². The summed E-state index contributed by atoms with van der Waals surface area (Å²) in [5.74, 6) is -0.176. The Hall–Kier alpha value is -1.88. The summed E-state index contributed by atoms with van der Waals surface area (Å²) < 4.78 is 29.7. The zero-order valence-electron chi connectivity index (χ0n) is 15.9. The van der Waals surface area contributed by atoms with E-state index in [0.29, 0.717) is 11.2 Å². The average Bonchev–Trinajstić information content (AvgIpc) is 3.06. The monoisotopic (exact) mass is 433 g/mol. The van der Waals surface area contributed by atoms with Crippen LogP contribution in [0.5, 0.6) is 0 Å². The summed E-state index contributed by atoms with van der Waals surface area (Å²) in [6.45, 7) is 5.54. The first-order chi connectivity index (χ1) is 13.4. The van der Waals surface area contributed by atoms with Crippen molar-refractivity contribution in [3.05, 3.63) is 12.7 Å². The van der Waals surface area contributed by atoms with Gasteiger partial charge < -0.3 is 24.4 Å². The molecule has 2 heterocycles. The minimum Gasteiger partial charge on any atom is -0.465 e. The van der Waals surface area contributed by atoms with E-state index in [1.54, 1.807) is 13.8 Å². The number of fused-ring (bicyclic) bond motifs is 1. The number of hydrogen-bond acceptors (Lipinski definition) is 11. The number of nitrogens with two attached hydrogens (primary N) is 1. The second-order valence-electron chi connectivity index (χ2n) is 5.46. The van der Waals surface area contributed by atoms with Gasteiger partial charge in [-0.25, -0.2) is 15.0 Å². The standard InChI is InChI=1S/C15H24N5O6PS/c1-4-25-27(22,26-5-2)10-28-12(6-23-11(3)21)7-24-20-9-19-13-14(16)17-8-18-15(13)20/h8-9,12H,4-7,10H2,1-3H3,(H2,16,17,18). The van der Waals surface area contributed by atoms with Gasteiger partial charge in [-0.05, 0) is 13.8 Å². The Morgan fingerprint density at radius 1 is 1.25 bits per heavy atom. The minimum absolute atomic E-state index is 0.0714. The Morgan fingerprint density at radius 2 is 1.96 bits per heavy atom. The fraction of sp³-hybridized carbons (Fsp3) is 0.600. The van der Waals surface area contributed by atoms with Crippen molar-refractivity contribution in [1.82, 2.24) is 19.7 Å². The van der Waals surface area contributed by atoms with Gasteiger partial charge in [-0.2, -0.15) is 4.73 Å². The number of carbonyl (C=O) groups excluding carboxylic acids is 1. The zero-order chi connectivity index (χ0) is 20.6. The Bertz CT molecular complexity index is 824. The van der Waals surface area contributed by atoms with Gasteiger partial charge >= 0.3 is 13.6 Å². The van der Waals surface area contributed by atoms with Crippen LogP contribution in [0.15, 0.2) is 12.7 Å². The molecular formula is C15H24N5O6PS. The number of thioether (sulfide) groups is 1. The highest BCUT2D eigenvalue weighted by atomic mass is 32.2. The van der Waals surface area contributed by atoms with Crippen molar-refractivity contribution >= 4 is 42.3 Å². The molecule has 0 spiro atoms.